The van der Waals surface area contributed by atoms with Gasteiger partial charge in [0.05, 0.1) is 12.2 Å². The molecule has 1 rings (SSSR count). The van der Waals surface area contributed by atoms with Crippen molar-refractivity contribution in [2.75, 3.05) is 0 Å². The van der Waals surface area contributed by atoms with Gasteiger partial charge in [-0.2, -0.15) is 0 Å². The number of rotatable bonds is 3. The Morgan fingerprint density at radius 1 is 1.07 bits per heavy atom. The SMILES string of the molecule is CCCC1OC(C)(C)O[C@@H]1CC(C)(C)C. The summed E-state index contributed by atoms with van der Waals surface area (Å²) in [6.07, 6.45) is 3.87. The van der Waals surface area contributed by atoms with Crippen LogP contribution >= 0.6 is 0 Å². The maximum atomic E-state index is 5.97. The van der Waals surface area contributed by atoms with Crippen LogP contribution in [0.1, 0.15) is 60.8 Å². The minimum Gasteiger partial charge on any atom is -0.345 e. The fraction of sp³-hybridized carbons (Fsp3) is 1.00. The zero-order chi connectivity index (χ0) is 11.7. The first-order chi connectivity index (χ1) is 6.73. The maximum Gasteiger partial charge on any atom is 0.163 e. The Morgan fingerprint density at radius 2 is 1.60 bits per heavy atom. The van der Waals surface area contributed by atoms with E-state index >= 15 is 0 Å². The molecule has 1 aliphatic rings. The Balaban J connectivity index is 2.61. The smallest absolute Gasteiger partial charge is 0.163 e. The zero-order valence-electron chi connectivity index (χ0n) is 11.1. The monoisotopic (exact) mass is 214 g/mol. The van der Waals surface area contributed by atoms with Gasteiger partial charge >= 0.3 is 0 Å². The first-order valence-corrected chi connectivity index (χ1v) is 6.09. The molecule has 1 aliphatic heterocycles. The molecule has 0 aromatic carbocycles. The molecule has 2 atom stereocenters. The van der Waals surface area contributed by atoms with Crippen LogP contribution in [0.25, 0.3) is 0 Å². The lowest BCUT2D eigenvalue weighted by molar-refractivity contribution is -0.148. The molecular formula is C13H26O2. The third kappa shape index (κ3) is 4.12. The molecule has 2 heteroatoms. The van der Waals surface area contributed by atoms with Gasteiger partial charge in [0.2, 0.25) is 0 Å². The first-order valence-electron chi connectivity index (χ1n) is 6.09. The second-order valence-corrected chi connectivity index (χ2v) is 6.27. The van der Waals surface area contributed by atoms with Gasteiger partial charge in [-0.05, 0) is 32.1 Å². The molecule has 0 saturated carbocycles. The summed E-state index contributed by atoms with van der Waals surface area (Å²) in [5.41, 5.74) is 0.306. The van der Waals surface area contributed by atoms with Crippen molar-refractivity contribution in [1.29, 1.82) is 0 Å². The quantitative estimate of drug-likeness (QED) is 0.712. The summed E-state index contributed by atoms with van der Waals surface area (Å²) in [7, 11) is 0. The van der Waals surface area contributed by atoms with Gasteiger partial charge in [0, 0.05) is 0 Å². The van der Waals surface area contributed by atoms with Crippen LogP contribution in [-0.2, 0) is 9.47 Å². The van der Waals surface area contributed by atoms with E-state index in [2.05, 4.69) is 27.7 Å². The lowest BCUT2D eigenvalue weighted by Crippen LogP contribution is -2.27. The van der Waals surface area contributed by atoms with Gasteiger partial charge < -0.3 is 9.47 Å². The third-order valence-electron chi connectivity index (χ3n) is 2.67. The van der Waals surface area contributed by atoms with E-state index < -0.39 is 5.79 Å². The maximum absolute atomic E-state index is 5.97. The lowest BCUT2D eigenvalue weighted by atomic mass is 9.87. The van der Waals surface area contributed by atoms with Crippen LogP contribution in [0.15, 0.2) is 0 Å². The summed E-state index contributed by atoms with van der Waals surface area (Å²) >= 11 is 0. The van der Waals surface area contributed by atoms with Gasteiger partial charge in [0.15, 0.2) is 5.79 Å². The summed E-state index contributed by atoms with van der Waals surface area (Å²) in [4.78, 5) is 0. The highest BCUT2D eigenvalue weighted by atomic mass is 16.7. The molecule has 0 spiro atoms. The van der Waals surface area contributed by atoms with Crippen molar-refractivity contribution in [3.8, 4) is 0 Å². The molecule has 1 unspecified atom stereocenters. The molecule has 90 valence electrons. The van der Waals surface area contributed by atoms with Crippen molar-refractivity contribution >= 4 is 0 Å². The van der Waals surface area contributed by atoms with Crippen molar-refractivity contribution in [2.24, 2.45) is 5.41 Å². The minimum absolute atomic E-state index is 0.264. The van der Waals surface area contributed by atoms with E-state index in [4.69, 9.17) is 9.47 Å². The second-order valence-electron chi connectivity index (χ2n) is 6.27. The summed E-state index contributed by atoms with van der Waals surface area (Å²) in [6, 6.07) is 0. The largest absolute Gasteiger partial charge is 0.345 e. The van der Waals surface area contributed by atoms with Gasteiger partial charge in [-0.25, -0.2) is 0 Å². The lowest BCUT2D eigenvalue weighted by Gasteiger charge is -2.25. The third-order valence-corrected chi connectivity index (χ3v) is 2.67. The van der Waals surface area contributed by atoms with Crippen LogP contribution in [0.4, 0.5) is 0 Å². The van der Waals surface area contributed by atoms with E-state index in [1.165, 1.54) is 0 Å². The van der Waals surface area contributed by atoms with Crippen molar-refractivity contribution in [1.82, 2.24) is 0 Å². The molecular weight excluding hydrogens is 188 g/mol. The van der Waals surface area contributed by atoms with Crippen LogP contribution in [0, 0.1) is 5.41 Å². The molecule has 2 nitrogen and oxygen atoms in total. The second kappa shape index (κ2) is 4.42. The van der Waals surface area contributed by atoms with Crippen molar-refractivity contribution < 1.29 is 9.47 Å². The Labute approximate surface area is 94.3 Å². The predicted octanol–water partition coefficient (Wildman–Crippen LogP) is 3.74. The van der Waals surface area contributed by atoms with Crippen LogP contribution < -0.4 is 0 Å². The highest BCUT2D eigenvalue weighted by Gasteiger charge is 2.41. The molecule has 0 aromatic heterocycles. The van der Waals surface area contributed by atoms with Gasteiger partial charge in [0.25, 0.3) is 0 Å². The average Bonchev–Trinajstić information content (AvgIpc) is 2.23. The fourth-order valence-corrected chi connectivity index (χ4v) is 2.21. The van der Waals surface area contributed by atoms with Crippen LogP contribution in [-0.4, -0.2) is 18.0 Å². The molecule has 1 heterocycles. The van der Waals surface area contributed by atoms with Crippen LogP contribution in [0.5, 0.6) is 0 Å². The number of hydrogen-bond acceptors (Lipinski definition) is 2. The summed E-state index contributed by atoms with van der Waals surface area (Å²) in [6.45, 7) is 13.0. The highest BCUT2D eigenvalue weighted by molar-refractivity contribution is 4.84. The Hall–Kier alpha value is -0.0800. The zero-order valence-corrected chi connectivity index (χ0v) is 11.1. The summed E-state index contributed by atoms with van der Waals surface area (Å²) in [5.74, 6) is -0.393. The molecule has 0 aromatic rings. The molecule has 0 amide bonds. The molecule has 1 saturated heterocycles. The van der Waals surface area contributed by atoms with Crippen molar-refractivity contribution in [3.05, 3.63) is 0 Å². The normalized spacial score (nSPS) is 30.8. The molecule has 1 fully saturated rings. The Bertz CT molecular complexity index is 203. The molecule has 0 N–H and O–H groups in total. The fourth-order valence-electron chi connectivity index (χ4n) is 2.21. The molecule has 0 bridgehead atoms. The topological polar surface area (TPSA) is 18.5 Å². The van der Waals surface area contributed by atoms with Crippen LogP contribution in [0.2, 0.25) is 0 Å². The molecule has 0 aliphatic carbocycles. The van der Waals surface area contributed by atoms with Crippen molar-refractivity contribution in [2.45, 2.75) is 78.8 Å². The number of hydrogen-bond donors (Lipinski definition) is 0. The van der Waals surface area contributed by atoms with E-state index in [9.17, 15) is 0 Å². The van der Waals surface area contributed by atoms with Gasteiger partial charge in [-0.1, -0.05) is 34.1 Å². The van der Waals surface area contributed by atoms with Gasteiger partial charge in [-0.3, -0.25) is 0 Å². The Kier molecular flexibility index (Phi) is 3.83. The van der Waals surface area contributed by atoms with E-state index in [1.807, 2.05) is 13.8 Å². The average molecular weight is 214 g/mol. The number of ether oxygens (including phenoxy) is 2. The van der Waals surface area contributed by atoms with Crippen molar-refractivity contribution in [3.63, 3.8) is 0 Å². The summed E-state index contributed by atoms with van der Waals surface area (Å²) < 4.78 is 11.9. The molecule has 0 radical (unpaired) electrons. The van der Waals surface area contributed by atoms with E-state index in [-0.39, 0.29) is 12.2 Å². The highest BCUT2D eigenvalue weighted by Crippen LogP contribution is 2.36. The van der Waals surface area contributed by atoms with Crippen LogP contribution in [0.3, 0.4) is 0 Å². The summed E-state index contributed by atoms with van der Waals surface area (Å²) in [5, 5.41) is 0. The van der Waals surface area contributed by atoms with Gasteiger partial charge in [-0.15, -0.1) is 0 Å². The van der Waals surface area contributed by atoms with E-state index in [1.54, 1.807) is 0 Å². The minimum atomic E-state index is -0.393. The standard InChI is InChI=1S/C13H26O2/c1-7-8-10-11(9-12(2,3)4)15-13(5,6)14-10/h10-11H,7-9H2,1-6H3/t10?,11-/m1/s1. The van der Waals surface area contributed by atoms with E-state index in [0.717, 1.165) is 19.3 Å². The first kappa shape index (κ1) is 13.0. The Morgan fingerprint density at radius 3 is 2.07 bits per heavy atom. The predicted molar refractivity (Wildman–Crippen MR) is 62.8 cm³/mol. The van der Waals surface area contributed by atoms with E-state index in [0.29, 0.717) is 5.41 Å². The molecule has 15 heavy (non-hydrogen) atoms. The van der Waals surface area contributed by atoms with Gasteiger partial charge in [0.1, 0.15) is 0 Å².